The molecule has 0 fully saturated rings. The molecule has 0 amide bonds. The third-order valence-electron chi connectivity index (χ3n) is 1.71. The van der Waals surface area contributed by atoms with Crippen molar-refractivity contribution in [2.24, 2.45) is 0 Å². The zero-order valence-corrected chi connectivity index (χ0v) is 8.14. The molecule has 1 rings (SSSR count). The van der Waals surface area contributed by atoms with Crippen LogP contribution in [0.1, 0.15) is 6.42 Å². The molecule has 84 valence electrons. The molecule has 1 aliphatic carbocycles. The first-order chi connectivity index (χ1) is 6.71. The molecular formula is C8H7F3O3S. The van der Waals surface area contributed by atoms with Crippen molar-refractivity contribution < 1.29 is 26.1 Å². The van der Waals surface area contributed by atoms with Crippen LogP contribution in [-0.4, -0.2) is 19.1 Å². The molecular weight excluding hydrogens is 233 g/mol. The van der Waals surface area contributed by atoms with Crippen LogP contribution in [0.4, 0.5) is 13.2 Å². The van der Waals surface area contributed by atoms with E-state index in [2.05, 4.69) is 0 Å². The first-order valence-corrected chi connectivity index (χ1v) is 5.28. The third-order valence-corrected chi connectivity index (χ3v) is 2.61. The molecule has 0 aliphatic heterocycles. The van der Waals surface area contributed by atoms with Crippen LogP contribution >= 0.6 is 0 Å². The summed E-state index contributed by atoms with van der Waals surface area (Å²) in [5, 5.41) is 0. The Bertz CT molecular complexity index is 440. The smallest absolute Gasteiger partial charge is 0.282 e. The Hall–Kier alpha value is -1.08. The van der Waals surface area contributed by atoms with E-state index in [1.165, 1.54) is 0 Å². The molecule has 0 bridgehead atoms. The van der Waals surface area contributed by atoms with Crippen LogP contribution in [0.15, 0.2) is 34.8 Å². The van der Waals surface area contributed by atoms with E-state index in [1.807, 2.05) is 0 Å². The average Bonchev–Trinajstić information content (AvgIpc) is 2.24. The van der Waals surface area contributed by atoms with Crippen molar-refractivity contribution in [3.05, 3.63) is 34.8 Å². The van der Waals surface area contributed by atoms with Crippen LogP contribution in [0.25, 0.3) is 0 Å². The van der Waals surface area contributed by atoms with Gasteiger partial charge >= 0.3 is 6.18 Å². The van der Waals surface area contributed by atoms with Crippen molar-refractivity contribution >= 4 is 10.1 Å². The number of halogens is 3. The molecule has 1 aliphatic rings. The summed E-state index contributed by atoms with van der Waals surface area (Å²) in [6.45, 7) is 0. The minimum Gasteiger partial charge on any atom is -0.282 e. The van der Waals surface area contributed by atoms with Gasteiger partial charge in [-0.15, -0.1) is 0 Å². The van der Waals surface area contributed by atoms with Gasteiger partial charge in [-0.25, -0.2) is 0 Å². The highest BCUT2D eigenvalue weighted by molar-refractivity contribution is 7.90. The van der Waals surface area contributed by atoms with Gasteiger partial charge in [-0.1, -0.05) is 12.2 Å². The Morgan fingerprint density at radius 1 is 1.20 bits per heavy atom. The second kappa shape index (κ2) is 3.82. The molecule has 0 atom stereocenters. The molecule has 0 aromatic carbocycles. The molecule has 0 saturated carbocycles. The van der Waals surface area contributed by atoms with Crippen molar-refractivity contribution in [2.45, 2.75) is 12.6 Å². The Balaban J connectivity index is 3.01. The van der Waals surface area contributed by atoms with Crippen molar-refractivity contribution in [3.63, 3.8) is 0 Å². The number of alkyl halides is 3. The van der Waals surface area contributed by atoms with E-state index in [-0.39, 0.29) is 6.42 Å². The largest absolute Gasteiger partial charge is 0.416 e. The minimum absolute atomic E-state index is 0.197. The van der Waals surface area contributed by atoms with E-state index in [9.17, 15) is 21.6 Å². The molecule has 0 spiro atoms. The van der Waals surface area contributed by atoms with E-state index >= 15 is 0 Å². The van der Waals surface area contributed by atoms with Gasteiger partial charge in [-0.05, 0) is 18.6 Å². The summed E-state index contributed by atoms with van der Waals surface area (Å²) in [6.07, 6.45) is -1.52. The summed E-state index contributed by atoms with van der Waals surface area (Å²) in [7, 11) is -4.44. The highest BCUT2D eigenvalue weighted by Crippen LogP contribution is 2.29. The van der Waals surface area contributed by atoms with Crippen LogP contribution < -0.4 is 0 Å². The first-order valence-electron chi connectivity index (χ1n) is 3.84. The molecule has 0 heterocycles. The Kier molecular flexibility index (Phi) is 3.05. The van der Waals surface area contributed by atoms with Crippen molar-refractivity contribution in [1.82, 2.24) is 0 Å². The maximum Gasteiger partial charge on any atom is 0.416 e. The normalized spacial score (nSPS) is 18.1. The van der Waals surface area contributed by atoms with Crippen LogP contribution in [0.3, 0.4) is 0 Å². The van der Waals surface area contributed by atoms with Gasteiger partial charge in [0.05, 0.1) is 10.5 Å². The molecule has 0 unspecified atom stereocenters. The van der Waals surface area contributed by atoms with E-state index in [0.29, 0.717) is 6.08 Å². The average molecular weight is 240 g/mol. The molecule has 0 aromatic heterocycles. The van der Waals surface area contributed by atoms with E-state index in [1.54, 1.807) is 0 Å². The standard InChI is InChI=1S/C8H7F3O3S/c9-8(10,11)6-2-1-3-7(5-4-6)15(12,13)14/h2-5H,1H2,(H,12,13,14). The Morgan fingerprint density at radius 2 is 1.80 bits per heavy atom. The quantitative estimate of drug-likeness (QED) is 0.715. The number of hydrogen-bond acceptors (Lipinski definition) is 2. The fourth-order valence-corrected chi connectivity index (χ4v) is 1.56. The summed E-state index contributed by atoms with van der Waals surface area (Å²) in [5.74, 6) is 0. The lowest BCUT2D eigenvalue weighted by Crippen LogP contribution is -2.09. The highest BCUT2D eigenvalue weighted by Gasteiger charge is 2.32. The lowest BCUT2D eigenvalue weighted by Gasteiger charge is -2.05. The second-order valence-electron chi connectivity index (χ2n) is 2.81. The molecule has 0 saturated heterocycles. The van der Waals surface area contributed by atoms with Gasteiger partial charge in [-0.3, -0.25) is 4.55 Å². The predicted molar refractivity (Wildman–Crippen MR) is 47.5 cm³/mol. The van der Waals surface area contributed by atoms with Gasteiger partial charge in [0.15, 0.2) is 0 Å². The van der Waals surface area contributed by atoms with Crippen LogP contribution in [0.2, 0.25) is 0 Å². The van der Waals surface area contributed by atoms with Crippen LogP contribution in [-0.2, 0) is 10.1 Å². The van der Waals surface area contributed by atoms with Crippen molar-refractivity contribution in [2.75, 3.05) is 0 Å². The van der Waals surface area contributed by atoms with Gasteiger partial charge in [0, 0.05) is 0 Å². The zero-order valence-electron chi connectivity index (χ0n) is 7.32. The van der Waals surface area contributed by atoms with E-state index < -0.39 is 26.8 Å². The summed E-state index contributed by atoms with van der Waals surface area (Å²) in [4.78, 5) is -0.530. The molecule has 7 heteroatoms. The zero-order chi connectivity index (χ0) is 11.7. The van der Waals surface area contributed by atoms with Crippen molar-refractivity contribution in [1.29, 1.82) is 0 Å². The topological polar surface area (TPSA) is 54.4 Å². The number of hydrogen-bond donors (Lipinski definition) is 1. The lowest BCUT2D eigenvalue weighted by atomic mass is 10.2. The first kappa shape index (κ1) is 12.0. The number of allylic oxidation sites excluding steroid dienone is 5. The molecule has 0 aromatic rings. The Labute approximate surface area is 84.3 Å². The number of rotatable bonds is 1. The molecule has 3 nitrogen and oxygen atoms in total. The summed E-state index contributed by atoms with van der Waals surface area (Å²) in [6, 6.07) is 0. The van der Waals surface area contributed by atoms with Gasteiger partial charge in [0.2, 0.25) is 0 Å². The van der Waals surface area contributed by atoms with Crippen LogP contribution in [0.5, 0.6) is 0 Å². The SMILES string of the molecule is O=S(=O)(O)C1=CCC=C(C(F)(F)F)C=C1. The summed E-state index contributed by atoms with van der Waals surface area (Å²) >= 11 is 0. The van der Waals surface area contributed by atoms with Crippen LogP contribution in [0, 0.1) is 0 Å². The Morgan fingerprint density at radius 3 is 2.27 bits per heavy atom. The van der Waals surface area contributed by atoms with Gasteiger partial charge < -0.3 is 0 Å². The summed E-state index contributed by atoms with van der Waals surface area (Å²) < 4.78 is 66.4. The monoisotopic (exact) mass is 240 g/mol. The van der Waals surface area contributed by atoms with Crippen molar-refractivity contribution in [3.8, 4) is 0 Å². The third kappa shape index (κ3) is 3.21. The fourth-order valence-electron chi connectivity index (χ4n) is 1.01. The fraction of sp³-hybridized carbons (Fsp3) is 0.250. The summed E-state index contributed by atoms with van der Waals surface area (Å²) in [5.41, 5.74) is -0.933. The lowest BCUT2D eigenvalue weighted by molar-refractivity contribution is -0.0883. The highest BCUT2D eigenvalue weighted by atomic mass is 32.2. The molecule has 1 N–H and O–H groups in total. The van der Waals surface area contributed by atoms with Gasteiger partial charge in [0.25, 0.3) is 10.1 Å². The maximum atomic E-state index is 12.2. The van der Waals surface area contributed by atoms with E-state index in [0.717, 1.165) is 18.2 Å². The molecule has 15 heavy (non-hydrogen) atoms. The maximum absolute atomic E-state index is 12.2. The second-order valence-corrected chi connectivity index (χ2v) is 4.23. The minimum atomic E-state index is -4.51. The van der Waals surface area contributed by atoms with E-state index in [4.69, 9.17) is 4.55 Å². The van der Waals surface area contributed by atoms with Gasteiger partial charge in [-0.2, -0.15) is 21.6 Å². The molecule has 0 radical (unpaired) electrons. The van der Waals surface area contributed by atoms with Gasteiger partial charge in [0.1, 0.15) is 0 Å². The predicted octanol–water partition coefficient (Wildman–Crippen LogP) is 2.21.